The van der Waals surface area contributed by atoms with E-state index in [-0.39, 0.29) is 0 Å². The van der Waals surface area contributed by atoms with Crippen LogP contribution in [0.15, 0.2) is 24.3 Å². The molecule has 1 N–H and O–H groups in total. The fourth-order valence-corrected chi connectivity index (χ4v) is 4.01. The molecule has 2 aliphatic rings. The Labute approximate surface area is 124 Å². The first kappa shape index (κ1) is 14.1. The van der Waals surface area contributed by atoms with Crippen molar-refractivity contribution in [3.8, 4) is 0 Å². The quantitative estimate of drug-likeness (QED) is 0.808. The maximum Gasteiger partial charge on any atom is -0.00148 e. The lowest BCUT2D eigenvalue weighted by molar-refractivity contribution is 0.297. The van der Waals surface area contributed by atoms with Gasteiger partial charge < -0.3 is 5.32 Å². The van der Waals surface area contributed by atoms with Gasteiger partial charge in [-0.2, -0.15) is 0 Å². The van der Waals surface area contributed by atoms with Gasteiger partial charge in [0.15, 0.2) is 0 Å². The molecule has 0 heterocycles. The summed E-state index contributed by atoms with van der Waals surface area (Å²) in [4.78, 5) is 0. The molecule has 1 aromatic rings. The molecule has 0 aromatic heterocycles. The van der Waals surface area contributed by atoms with E-state index in [4.69, 9.17) is 0 Å². The summed E-state index contributed by atoms with van der Waals surface area (Å²) < 4.78 is 0. The van der Waals surface area contributed by atoms with Crippen LogP contribution in [0.25, 0.3) is 0 Å². The lowest BCUT2D eigenvalue weighted by Crippen LogP contribution is -2.29. The molecule has 2 saturated carbocycles. The number of hydrogen-bond acceptors (Lipinski definition) is 1. The molecule has 1 nitrogen and oxygen atoms in total. The number of nitrogens with one attached hydrogen (secondary N) is 1. The standard InChI is InChI=1S/C19H29N/c1-2-20-14-18-7-3-4-12-19(18)17-11-6-10-16(13-17)15-8-5-9-15/h6,10-11,13,15,18-20H,2-5,7-9,12,14H2,1H3. The Morgan fingerprint density at radius 2 is 1.80 bits per heavy atom. The minimum atomic E-state index is 0.794. The van der Waals surface area contributed by atoms with Crippen LogP contribution in [0.4, 0.5) is 0 Å². The van der Waals surface area contributed by atoms with E-state index in [1.165, 1.54) is 51.5 Å². The second kappa shape index (κ2) is 6.76. The van der Waals surface area contributed by atoms with Gasteiger partial charge in [-0.1, -0.05) is 50.5 Å². The molecule has 0 saturated heterocycles. The minimum absolute atomic E-state index is 0.794. The van der Waals surface area contributed by atoms with Crippen LogP contribution in [0.2, 0.25) is 0 Å². The monoisotopic (exact) mass is 271 g/mol. The van der Waals surface area contributed by atoms with Crippen molar-refractivity contribution in [1.29, 1.82) is 0 Å². The lowest BCUT2D eigenvalue weighted by Gasteiger charge is -2.33. The van der Waals surface area contributed by atoms with Gasteiger partial charge in [-0.25, -0.2) is 0 Å². The molecule has 2 fully saturated rings. The Morgan fingerprint density at radius 1 is 1.00 bits per heavy atom. The van der Waals surface area contributed by atoms with Crippen molar-refractivity contribution in [2.24, 2.45) is 5.92 Å². The summed E-state index contributed by atoms with van der Waals surface area (Å²) >= 11 is 0. The highest BCUT2D eigenvalue weighted by molar-refractivity contribution is 5.30. The summed E-state index contributed by atoms with van der Waals surface area (Å²) in [5.41, 5.74) is 3.23. The molecule has 3 rings (SSSR count). The van der Waals surface area contributed by atoms with E-state index < -0.39 is 0 Å². The van der Waals surface area contributed by atoms with Gasteiger partial charge in [-0.05, 0) is 67.7 Å². The van der Waals surface area contributed by atoms with Crippen molar-refractivity contribution in [2.75, 3.05) is 13.1 Å². The van der Waals surface area contributed by atoms with E-state index in [0.717, 1.165) is 24.3 Å². The van der Waals surface area contributed by atoms with Crippen molar-refractivity contribution in [2.45, 2.75) is 63.7 Å². The smallest absolute Gasteiger partial charge is 0.00148 e. The Balaban J connectivity index is 1.74. The molecule has 0 bridgehead atoms. The van der Waals surface area contributed by atoms with E-state index in [2.05, 4.69) is 36.5 Å². The second-order valence-electron chi connectivity index (χ2n) is 6.76. The Bertz CT molecular complexity index is 422. The molecule has 20 heavy (non-hydrogen) atoms. The van der Waals surface area contributed by atoms with E-state index in [9.17, 15) is 0 Å². The fraction of sp³-hybridized carbons (Fsp3) is 0.684. The molecule has 1 heteroatoms. The Morgan fingerprint density at radius 3 is 2.55 bits per heavy atom. The first-order chi connectivity index (χ1) is 9.88. The third-order valence-corrected chi connectivity index (χ3v) is 5.48. The molecule has 2 aliphatic carbocycles. The van der Waals surface area contributed by atoms with Crippen molar-refractivity contribution in [3.63, 3.8) is 0 Å². The van der Waals surface area contributed by atoms with E-state index in [1.54, 1.807) is 11.1 Å². The van der Waals surface area contributed by atoms with E-state index in [0.29, 0.717) is 0 Å². The number of rotatable bonds is 5. The highest BCUT2D eigenvalue weighted by atomic mass is 14.8. The van der Waals surface area contributed by atoms with Gasteiger partial charge in [0.25, 0.3) is 0 Å². The normalized spacial score (nSPS) is 27.2. The molecule has 0 amide bonds. The molecule has 2 atom stereocenters. The zero-order valence-electron chi connectivity index (χ0n) is 12.9. The first-order valence-electron chi connectivity index (χ1n) is 8.69. The highest BCUT2D eigenvalue weighted by Gasteiger charge is 2.27. The maximum absolute atomic E-state index is 3.58. The summed E-state index contributed by atoms with van der Waals surface area (Å²) in [5, 5.41) is 3.58. The van der Waals surface area contributed by atoms with E-state index >= 15 is 0 Å². The predicted molar refractivity (Wildman–Crippen MR) is 86.3 cm³/mol. The van der Waals surface area contributed by atoms with Gasteiger partial charge in [0.1, 0.15) is 0 Å². The second-order valence-corrected chi connectivity index (χ2v) is 6.76. The molecule has 110 valence electrons. The largest absolute Gasteiger partial charge is 0.317 e. The third-order valence-electron chi connectivity index (χ3n) is 5.48. The van der Waals surface area contributed by atoms with Crippen molar-refractivity contribution >= 4 is 0 Å². The Hall–Kier alpha value is -0.820. The molecule has 0 spiro atoms. The zero-order chi connectivity index (χ0) is 13.8. The SMILES string of the molecule is CCNCC1CCCCC1c1cccc(C2CCC2)c1. The predicted octanol–water partition coefficient (Wildman–Crippen LogP) is 4.84. The van der Waals surface area contributed by atoms with Gasteiger partial charge in [-0.15, -0.1) is 0 Å². The van der Waals surface area contributed by atoms with Gasteiger partial charge in [0.2, 0.25) is 0 Å². The summed E-state index contributed by atoms with van der Waals surface area (Å²) in [6.07, 6.45) is 9.90. The van der Waals surface area contributed by atoms with Crippen molar-refractivity contribution in [3.05, 3.63) is 35.4 Å². The zero-order valence-corrected chi connectivity index (χ0v) is 12.9. The van der Waals surface area contributed by atoms with Crippen molar-refractivity contribution < 1.29 is 0 Å². The lowest BCUT2D eigenvalue weighted by atomic mass is 9.73. The van der Waals surface area contributed by atoms with Crippen LogP contribution in [0.1, 0.15) is 74.8 Å². The molecule has 1 aromatic carbocycles. The van der Waals surface area contributed by atoms with Crippen LogP contribution >= 0.6 is 0 Å². The molecule has 2 unspecified atom stereocenters. The average Bonchev–Trinajstić information content (AvgIpc) is 2.44. The molecule has 0 radical (unpaired) electrons. The number of benzene rings is 1. The van der Waals surface area contributed by atoms with Crippen LogP contribution in [-0.2, 0) is 0 Å². The van der Waals surface area contributed by atoms with Crippen LogP contribution in [-0.4, -0.2) is 13.1 Å². The summed E-state index contributed by atoms with van der Waals surface area (Å²) in [7, 11) is 0. The van der Waals surface area contributed by atoms with Gasteiger partial charge >= 0.3 is 0 Å². The average molecular weight is 271 g/mol. The van der Waals surface area contributed by atoms with Gasteiger partial charge in [-0.3, -0.25) is 0 Å². The van der Waals surface area contributed by atoms with Crippen LogP contribution in [0.5, 0.6) is 0 Å². The minimum Gasteiger partial charge on any atom is -0.317 e. The van der Waals surface area contributed by atoms with Crippen LogP contribution in [0.3, 0.4) is 0 Å². The summed E-state index contributed by atoms with van der Waals surface area (Å²) in [6.45, 7) is 4.52. The molecular weight excluding hydrogens is 242 g/mol. The Kier molecular flexibility index (Phi) is 4.77. The maximum atomic E-state index is 3.58. The molecular formula is C19H29N. The molecule has 0 aliphatic heterocycles. The summed E-state index contributed by atoms with van der Waals surface area (Å²) in [6, 6.07) is 9.59. The summed E-state index contributed by atoms with van der Waals surface area (Å²) in [5.74, 6) is 2.51. The number of hydrogen-bond donors (Lipinski definition) is 1. The van der Waals surface area contributed by atoms with Gasteiger partial charge in [0.05, 0.1) is 0 Å². The van der Waals surface area contributed by atoms with Crippen LogP contribution in [0, 0.1) is 5.92 Å². The fourth-order valence-electron chi connectivity index (χ4n) is 4.01. The third kappa shape index (κ3) is 3.09. The van der Waals surface area contributed by atoms with Crippen molar-refractivity contribution in [1.82, 2.24) is 5.32 Å². The topological polar surface area (TPSA) is 12.0 Å². The van der Waals surface area contributed by atoms with Gasteiger partial charge in [0, 0.05) is 0 Å². The highest BCUT2D eigenvalue weighted by Crippen LogP contribution is 2.41. The van der Waals surface area contributed by atoms with E-state index in [1.807, 2.05) is 0 Å². The van der Waals surface area contributed by atoms with Crippen LogP contribution < -0.4 is 5.32 Å². The first-order valence-corrected chi connectivity index (χ1v) is 8.69.